The van der Waals surface area contributed by atoms with Crippen LogP contribution in [-0.2, 0) is 0 Å². The maximum absolute atomic E-state index is 11.5. The zero-order chi connectivity index (χ0) is 12.0. The number of aromatic nitrogens is 3. The molecule has 2 aromatic rings. The van der Waals surface area contributed by atoms with Crippen LogP contribution < -0.4 is 0 Å². The Hall–Kier alpha value is -1.69. The fourth-order valence-corrected chi connectivity index (χ4v) is 0.892. The molecule has 0 aliphatic carbocycles. The maximum Gasteiger partial charge on any atom is 0.282 e. The second kappa shape index (κ2) is 6.02. The van der Waals surface area contributed by atoms with Crippen molar-refractivity contribution in [3.63, 3.8) is 0 Å². The topological polar surface area (TPSA) is 61.8 Å². The van der Waals surface area contributed by atoms with E-state index in [4.69, 9.17) is 16.7 Å². The van der Waals surface area contributed by atoms with Crippen LogP contribution in [-0.4, -0.2) is 20.3 Å². The summed E-state index contributed by atoms with van der Waals surface area (Å²) in [5, 5.41) is 14.5. The van der Waals surface area contributed by atoms with Crippen LogP contribution in [0.2, 0.25) is 5.02 Å². The summed E-state index contributed by atoms with van der Waals surface area (Å²) in [7, 11) is 0. The van der Waals surface area contributed by atoms with Crippen molar-refractivity contribution in [2.75, 3.05) is 0 Å². The van der Waals surface area contributed by atoms with Crippen molar-refractivity contribution >= 4 is 11.6 Å². The van der Waals surface area contributed by atoms with Gasteiger partial charge in [0.1, 0.15) is 10.7 Å². The number of nitrogens with zero attached hydrogens (tertiary/aromatic N) is 2. The molecule has 7 heteroatoms. The first-order chi connectivity index (χ1) is 7.61. The first-order valence-corrected chi connectivity index (χ1v) is 4.56. The predicted octanol–water partition coefficient (Wildman–Crippen LogP) is 2.79. The number of pyridine rings is 1. The van der Waals surface area contributed by atoms with E-state index in [-0.39, 0.29) is 16.6 Å². The fraction of sp³-hybridized carbons (Fsp3) is 0.111. The van der Waals surface area contributed by atoms with Gasteiger partial charge in [0.05, 0.1) is 0 Å². The fourth-order valence-electron chi connectivity index (χ4n) is 0.771. The van der Waals surface area contributed by atoms with Gasteiger partial charge in [-0.2, -0.15) is 5.10 Å². The minimum atomic E-state index is -2.46. The van der Waals surface area contributed by atoms with Crippen LogP contribution in [0.5, 0.6) is 5.88 Å². The summed E-state index contributed by atoms with van der Waals surface area (Å²) in [5.74, 6) is -0.117. The lowest BCUT2D eigenvalue weighted by molar-refractivity contribution is 0.146. The lowest BCUT2D eigenvalue weighted by Crippen LogP contribution is -1.81. The largest absolute Gasteiger partial charge is 0.492 e. The Morgan fingerprint density at radius 2 is 2.12 bits per heavy atom. The number of hydrogen-bond acceptors (Lipinski definition) is 3. The minimum absolute atomic E-state index is 0.117. The smallest absolute Gasteiger partial charge is 0.282 e. The second-order valence-corrected chi connectivity index (χ2v) is 3.02. The number of aromatic amines is 1. The highest BCUT2D eigenvalue weighted by Gasteiger charge is 2.06. The van der Waals surface area contributed by atoms with E-state index in [9.17, 15) is 8.78 Å². The van der Waals surface area contributed by atoms with Gasteiger partial charge in [-0.15, -0.1) is 0 Å². The van der Waals surface area contributed by atoms with Crippen molar-refractivity contribution in [1.29, 1.82) is 0 Å². The molecule has 0 aliphatic heterocycles. The third-order valence-electron chi connectivity index (χ3n) is 1.48. The Morgan fingerprint density at radius 1 is 1.38 bits per heavy atom. The van der Waals surface area contributed by atoms with Gasteiger partial charge >= 0.3 is 0 Å². The average molecular weight is 248 g/mol. The van der Waals surface area contributed by atoms with Gasteiger partial charge in [-0.25, -0.2) is 13.8 Å². The van der Waals surface area contributed by atoms with Crippen LogP contribution >= 0.6 is 11.6 Å². The summed E-state index contributed by atoms with van der Waals surface area (Å²) in [5.41, 5.74) is -0.204. The van der Waals surface area contributed by atoms with Gasteiger partial charge < -0.3 is 5.11 Å². The van der Waals surface area contributed by atoms with Gasteiger partial charge in [0.25, 0.3) is 6.43 Å². The number of hydrogen-bond donors (Lipinski definition) is 2. The average Bonchev–Trinajstić information content (AvgIpc) is 2.77. The van der Waals surface area contributed by atoms with E-state index in [2.05, 4.69) is 15.2 Å². The molecule has 0 fully saturated rings. The Labute approximate surface area is 94.9 Å². The molecule has 2 heterocycles. The van der Waals surface area contributed by atoms with E-state index in [1.54, 1.807) is 12.1 Å². The third kappa shape index (κ3) is 3.82. The Bertz CT molecular complexity index is 401. The van der Waals surface area contributed by atoms with Gasteiger partial charge in [0.15, 0.2) is 0 Å². The maximum atomic E-state index is 11.5. The van der Waals surface area contributed by atoms with Crippen LogP contribution in [0, 0.1) is 0 Å². The Morgan fingerprint density at radius 3 is 2.44 bits per heavy atom. The summed E-state index contributed by atoms with van der Waals surface area (Å²) in [6.07, 6.45) is 0.379. The van der Waals surface area contributed by atoms with Crippen molar-refractivity contribution in [1.82, 2.24) is 15.2 Å². The van der Waals surface area contributed by atoms with E-state index in [1.807, 2.05) is 0 Å². The molecule has 0 atom stereocenters. The van der Waals surface area contributed by atoms with Gasteiger partial charge in [-0.1, -0.05) is 11.6 Å². The normalized spacial score (nSPS) is 9.75. The molecule has 2 N–H and O–H groups in total. The van der Waals surface area contributed by atoms with Gasteiger partial charge in [-0.05, 0) is 18.2 Å². The zero-order valence-electron chi connectivity index (χ0n) is 7.94. The summed E-state index contributed by atoms with van der Waals surface area (Å²) in [4.78, 5) is 3.50. The molecule has 86 valence electrons. The molecule has 0 amide bonds. The Kier molecular flexibility index (Phi) is 4.65. The molecule has 0 aliphatic rings. The number of rotatable bonds is 1. The summed E-state index contributed by atoms with van der Waals surface area (Å²) in [6.45, 7) is 0. The molecule has 4 nitrogen and oxygen atoms in total. The number of nitrogens with one attached hydrogen (secondary N) is 1. The highest BCUT2D eigenvalue weighted by atomic mass is 35.5. The van der Waals surface area contributed by atoms with Crippen LogP contribution in [0.15, 0.2) is 30.6 Å². The highest BCUT2D eigenvalue weighted by Crippen LogP contribution is 2.16. The molecule has 0 bridgehead atoms. The second-order valence-electron chi connectivity index (χ2n) is 2.61. The molecule has 0 unspecified atom stereocenters. The zero-order valence-corrected chi connectivity index (χ0v) is 8.70. The SMILES string of the molecule is FC(F)c1cc[nH]n1.Oc1ncccc1Cl. The molecule has 0 saturated heterocycles. The molecular formula is C9H8ClF2N3O. The summed E-state index contributed by atoms with van der Waals surface area (Å²) in [6, 6.07) is 4.47. The standard InChI is InChI=1S/C5H4ClNO.C4H4F2N2/c6-4-2-1-3-7-5(4)8;5-4(6)3-1-2-7-8-3/h1-3H,(H,7,8);1-2,4H,(H,7,8). The molecule has 16 heavy (non-hydrogen) atoms. The number of alkyl halides is 2. The lowest BCUT2D eigenvalue weighted by Gasteiger charge is -1.88. The Balaban J connectivity index is 0.000000160. The molecule has 2 aromatic heterocycles. The predicted molar refractivity (Wildman–Crippen MR) is 54.5 cm³/mol. The van der Waals surface area contributed by atoms with E-state index in [0.29, 0.717) is 0 Å². The number of aromatic hydroxyl groups is 1. The van der Waals surface area contributed by atoms with Crippen LogP contribution in [0.3, 0.4) is 0 Å². The van der Waals surface area contributed by atoms with E-state index in [0.717, 1.165) is 0 Å². The van der Waals surface area contributed by atoms with Crippen molar-refractivity contribution in [3.05, 3.63) is 41.3 Å². The quantitative estimate of drug-likeness (QED) is 0.815. The van der Waals surface area contributed by atoms with Crippen LogP contribution in [0.4, 0.5) is 8.78 Å². The van der Waals surface area contributed by atoms with Gasteiger partial charge in [-0.3, -0.25) is 5.10 Å². The number of halogens is 3. The molecular weight excluding hydrogens is 240 g/mol. The van der Waals surface area contributed by atoms with E-state index >= 15 is 0 Å². The first-order valence-electron chi connectivity index (χ1n) is 4.18. The van der Waals surface area contributed by atoms with Crippen LogP contribution in [0.1, 0.15) is 12.1 Å². The first kappa shape index (κ1) is 12.4. The summed E-state index contributed by atoms with van der Waals surface area (Å²) < 4.78 is 23.0. The monoisotopic (exact) mass is 247 g/mol. The molecule has 0 spiro atoms. The van der Waals surface area contributed by atoms with Crippen molar-refractivity contribution in [2.24, 2.45) is 0 Å². The highest BCUT2D eigenvalue weighted by molar-refractivity contribution is 6.31. The molecule has 0 saturated carbocycles. The van der Waals surface area contributed by atoms with Crippen molar-refractivity contribution < 1.29 is 13.9 Å². The van der Waals surface area contributed by atoms with Gasteiger partial charge in [0.2, 0.25) is 5.88 Å². The van der Waals surface area contributed by atoms with Crippen molar-refractivity contribution in [2.45, 2.75) is 6.43 Å². The molecule has 0 radical (unpaired) electrons. The van der Waals surface area contributed by atoms with E-state index < -0.39 is 6.43 Å². The van der Waals surface area contributed by atoms with Crippen molar-refractivity contribution in [3.8, 4) is 5.88 Å². The molecule has 0 aromatic carbocycles. The van der Waals surface area contributed by atoms with Gasteiger partial charge in [0, 0.05) is 12.4 Å². The molecule has 2 rings (SSSR count). The lowest BCUT2D eigenvalue weighted by atomic mass is 10.5. The number of H-pyrrole nitrogens is 1. The van der Waals surface area contributed by atoms with Crippen LogP contribution in [0.25, 0.3) is 0 Å². The third-order valence-corrected chi connectivity index (χ3v) is 1.78. The van der Waals surface area contributed by atoms with E-state index in [1.165, 1.54) is 18.5 Å². The minimum Gasteiger partial charge on any atom is -0.492 e. The summed E-state index contributed by atoms with van der Waals surface area (Å²) >= 11 is 5.40.